The lowest BCUT2D eigenvalue weighted by Gasteiger charge is -2.34. The number of para-hydroxylation sites is 1. The number of rotatable bonds is 2. The van der Waals surface area contributed by atoms with Gasteiger partial charge in [0.25, 0.3) is 0 Å². The minimum Gasteiger partial charge on any atom is -0.307 e. The number of hydrazone groups is 1. The van der Waals surface area contributed by atoms with Crippen LogP contribution in [-0.2, 0) is 0 Å². The molecule has 4 nitrogen and oxygen atoms in total. The second-order valence-electron chi connectivity index (χ2n) is 6.98. The summed E-state index contributed by atoms with van der Waals surface area (Å²) < 4.78 is 0. The van der Waals surface area contributed by atoms with Gasteiger partial charge in [0.05, 0.1) is 0 Å². The number of nitrogens with zero attached hydrogens (tertiary/aromatic N) is 1. The lowest BCUT2D eigenvalue weighted by Crippen LogP contribution is -2.35. The quantitative estimate of drug-likeness (QED) is 0.792. The van der Waals surface area contributed by atoms with E-state index in [2.05, 4.69) is 36.6 Å². The molecule has 2 N–H and O–H groups in total. The minimum atomic E-state index is -0.280. The van der Waals surface area contributed by atoms with E-state index in [1.165, 1.54) is 12.8 Å². The minimum absolute atomic E-state index is 0.123. The Kier molecular flexibility index (Phi) is 3.27. The van der Waals surface area contributed by atoms with Crippen LogP contribution in [0, 0.1) is 16.7 Å². The monoisotopic (exact) mass is 285 g/mol. The number of fused-ring (bicyclic) bond motifs is 2. The molecule has 2 aliphatic carbocycles. The van der Waals surface area contributed by atoms with E-state index in [4.69, 9.17) is 0 Å². The fourth-order valence-corrected chi connectivity index (χ4v) is 3.90. The Labute approximate surface area is 126 Å². The van der Waals surface area contributed by atoms with Crippen molar-refractivity contribution in [1.29, 1.82) is 0 Å². The van der Waals surface area contributed by atoms with E-state index in [1.807, 2.05) is 30.3 Å². The van der Waals surface area contributed by atoms with Crippen molar-refractivity contribution in [3.05, 3.63) is 30.3 Å². The molecule has 2 aliphatic rings. The predicted octanol–water partition coefficient (Wildman–Crippen LogP) is 4.01. The molecule has 0 heterocycles. The number of amides is 2. The molecular formula is C17H23N3O. The van der Waals surface area contributed by atoms with Crippen molar-refractivity contribution >= 4 is 17.4 Å². The SMILES string of the molecule is CC1(C)[C@H]2CC[C@@]1(C)/C(=N\NC(=O)Nc1ccccc1)C2. The molecule has 21 heavy (non-hydrogen) atoms. The zero-order valence-corrected chi connectivity index (χ0v) is 12.9. The van der Waals surface area contributed by atoms with Crippen molar-refractivity contribution in [2.75, 3.05) is 5.32 Å². The molecule has 2 amide bonds. The highest BCUT2D eigenvalue weighted by molar-refractivity contribution is 5.96. The molecular weight excluding hydrogens is 262 g/mol. The Bertz CT molecular complexity index is 579. The summed E-state index contributed by atoms with van der Waals surface area (Å²) in [5, 5.41) is 7.21. The van der Waals surface area contributed by atoms with Crippen LogP contribution in [0.1, 0.15) is 40.0 Å². The summed E-state index contributed by atoms with van der Waals surface area (Å²) in [6.45, 7) is 6.95. The van der Waals surface area contributed by atoms with Crippen LogP contribution < -0.4 is 10.7 Å². The van der Waals surface area contributed by atoms with Crippen molar-refractivity contribution < 1.29 is 4.79 Å². The molecule has 0 aromatic heterocycles. The third kappa shape index (κ3) is 2.23. The molecule has 0 aliphatic heterocycles. The molecule has 1 aromatic carbocycles. The number of nitrogens with one attached hydrogen (secondary N) is 2. The highest BCUT2D eigenvalue weighted by Crippen LogP contribution is 2.63. The van der Waals surface area contributed by atoms with E-state index in [1.54, 1.807) is 0 Å². The van der Waals surface area contributed by atoms with E-state index in [9.17, 15) is 4.79 Å². The van der Waals surface area contributed by atoms with Crippen LogP contribution in [0.2, 0.25) is 0 Å². The van der Waals surface area contributed by atoms with Gasteiger partial charge in [-0.05, 0) is 42.7 Å². The Morgan fingerprint density at radius 2 is 1.95 bits per heavy atom. The molecule has 0 unspecified atom stereocenters. The van der Waals surface area contributed by atoms with Crippen molar-refractivity contribution in [2.45, 2.75) is 40.0 Å². The maximum atomic E-state index is 11.9. The zero-order chi connectivity index (χ0) is 15.1. The van der Waals surface area contributed by atoms with Gasteiger partial charge in [0.2, 0.25) is 0 Å². The smallest absolute Gasteiger partial charge is 0.307 e. The Balaban J connectivity index is 1.66. The van der Waals surface area contributed by atoms with Gasteiger partial charge in [0, 0.05) is 16.8 Å². The van der Waals surface area contributed by atoms with Crippen LogP contribution in [0.5, 0.6) is 0 Å². The van der Waals surface area contributed by atoms with Gasteiger partial charge in [-0.15, -0.1) is 0 Å². The van der Waals surface area contributed by atoms with Crippen molar-refractivity contribution in [2.24, 2.45) is 21.8 Å². The topological polar surface area (TPSA) is 53.5 Å². The van der Waals surface area contributed by atoms with Crippen LogP contribution in [0.3, 0.4) is 0 Å². The molecule has 2 bridgehead atoms. The molecule has 4 heteroatoms. The number of anilines is 1. The summed E-state index contributed by atoms with van der Waals surface area (Å²) in [5.41, 5.74) is 4.98. The van der Waals surface area contributed by atoms with Gasteiger partial charge < -0.3 is 5.32 Å². The first-order valence-electron chi connectivity index (χ1n) is 7.62. The van der Waals surface area contributed by atoms with Crippen LogP contribution in [0.15, 0.2) is 35.4 Å². The van der Waals surface area contributed by atoms with E-state index >= 15 is 0 Å². The molecule has 2 atom stereocenters. The van der Waals surface area contributed by atoms with Crippen LogP contribution >= 0.6 is 0 Å². The molecule has 0 saturated heterocycles. The molecule has 3 rings (SSSR count). The number of urea groups is 1. The Morgan fingerprint density at radius 1 is 1.24 bits per heavy atom. The molecule has 2 fully saturated rings. The summed E-state index contributed by atoms with van der Waals surface area (Å²) in [7, 11) is 0. The number of carbonyl (C=O) groups is 1. The summed E-state index contributed by atoms with van der Waals surface area (Å²) in [5.74, 6) is 0.695. The van der Waals surface area contributed by atoms with E-state index in [-0.39, 0.29) is 16.9 Å². The van der Waals surface area contributed by atoms with Crippen LogP contribution in [0.25, 0.3) is 0 Å². The van der Waals surface area contributed by atoms with Crippen LogP contribution in [0.4, 0.5) is 10.5 Å². The first-order valence-corrected chi connectivity index (χ1v) is 7.62. The highest BCUT2D eigenvalue weighted by atomic mass is 16.2. The van der Waals surface area contributed by atoms with E-state index in [0.717, 1.165) is 17.8 Å². The average Bonchev–Trinajstić information content (AvgIpc) is 2.79. The maximum absolute atomic E-state index is 11.9. The van der Waals surface area contributed by atoms with Crippen molar-refractivity contribution in [1.82, 2.24) is 5.43 Å². The zero-order valence-electron chi connectivity index (χ0n) is 12.9. The second-order valence-corrected chi connectivity index (χ2v) is 6.98. The maximum Gasteiger partial charge on any atom is 0.339 e. The van der Waals surface area contributed by atoms with Gasteiger partial charge in [0.15, 0.2) is 0 Å². The van der Waals surface area contributed by atoms with Crippen molar-refractivity contribution in [3.8, 4) is 0 Å². The third-order valence-electron chi connectivity index (χ3n) is 5.84. The number of benzene rings is 1. The summed E-state index contributed by atoms with van der Waals surface area (Å²) >= 11 is 0. The fraction of sp³-hybridized carbons (Fsp3) is 0.529. The van der Waals surface area contributed by atoms with E-state index in [0.29, 0.717) is 5.92 Å². The fourth-order valence-electron chi connectivity index (χ4n) is 3.90. The van der Waals surface area contributed by atoms with E-state index < -0.39 is 0 Å². The lowest BCUT2D eigenvalue weighted by molar-refractivity contribution is 0.193. The number of hydrogen-bond donors (Lipinski definition) is 2. The largest absolute Gasteiger partial charge is 0.339 e. The number of hydrogen-bond acceptors (Lipinski definition) is 2. The lowest BCUT2D eigenvalue weighted by atomic mass is 9.70. The van der Waals surface area contributed by atoms with Crippen LogP contribution in [-0.4, -0.2) is 11.7 Å². The molecule has 2 saturated carbocycles. The normalized spacial score (nSPS) is 31.4. The second kappa shape index (κ2) is 4.86. The Morgan fingerprint density at radius 3 is 2.52 bits per heavy atom. The standard InChI is InChI=1S/C17H23N3O/c1-16(2)12-9-10-17(16,3)14(11-12)19-20-15(21)18-13-7-5-4-6-8-13/h4-8,12H,9-11H2,1-3H3,(H2,18,20,21)/b19-14-/t12-,17-/m0/s1. The molecule has 1 aromatic rings. The first-order chi connectivity index (χ1) is 9.93. The third-order valence-corrected chi connectivity index (χ3v) is 5.84. The van der Waals surface area contributed by atoms with Gasteiger partial charge in [0.1, 0.15) is 0 Å². The molecule has 112 valence electrons. The van der Waals surface area contributed by atoms with Gasteiger partial charge in [-0.25, -0.2) is 10.2 Å². The average molecular weight is 285 g/mol. The van der Waals surface area contributed by atoms with Gasteiger partial charge in [-0.3, -0.25) is 0 Å². The van der Waals surface area contributed by atoms with Gasteiger partial charge in [-0.1, -0.05) is 39.0 Å². The number of carbonyl (C=O) groups excluding carboxylic acids is 1. The Hall–Kier alpha value is -1.84. The molecule has 0 spiro atoms. The van der Waals surface area contributed by atoms with Crippen molar-refractivity contribution in [3.63, 3.8) is 0 Å². The predicted molar refractivity (Wildman–Crippen MR) is 85.3 cm³/mol. The summed E-state index contributed by atoms with van der Waals surface area (Å²) in [4.78, 5) is 11.9. The molecule has 0 radical (unpaired) electrons. The van der Waals surface area contributed by atoms with Gasteiger partial charge >= 0.3 is 6.03 Å². The first kappa shape index (κ1) is 14.1. The van der Waals surface area contributed by atoms with Gasteiger partial charge in [-0.2, -0.15) is 5.10 Å². The summed E-state index contributed by atoms with van der Waals surface area (Å²) in [6, 6.07) is 9.13. The highest BCUT2D eigenvalue weighted by Gasteiger charge is 2.59. The summed E-state index contributed by atoms with van der Waals surface area (Å²) in [6.07, 6.45) is 3.46.